The summed E-state index contributed by atoms with van der Waals surface area (Å²) in [5.74, 6) is 0. The molecule has 3 N–H and O–H groups in total. The summed E-state index contributed by atoms with van der Waals surface area (Å²) in [7, 11) is 1.63. The number of benzene rings is 1. The predicted octanol–water partition coefficient (Wildman–Crippen LogP) is 0.907. The number of anilines is 1. The van der Waals surface area contributed by atoms with Crippen LogP contribution in [-0.2, 0) is 18.0 Å². The highest BCUT2D eigenvalue weighted by atomic mass is 16.5. The van der Waals surface area contributed by atoms with Crippen molar-refractivity contribution in [3.05, 3.63) is 29.3 Å². The van der Waals surface area contributed by atoms with Crippen LogP contribution >= 0.6 is 0 Å². The molecule has 0 unspecified atom stereocenters. The molecule has 1 aromatic carbocycles. The van der Waals surface area contributed by atoms with Crippen molar-refractivity contribution in [2.24, 2.45) is 0 Å². The van der Waals surface area contributed by atoms with E-state index in [0.717, 1.165) is 11.1 Å². The number of nitrogen functional groups attached to an aromatic ring is 1. The Labute approximate surface area is 71.8 Å². The SMILES string of the molecule is COCc1cc(N)cc(CO)c1. The van der Waals surface area contributed by atoms with Crippen LogP contribution in [0.2, 0.25) is 0 Å². The minimum atomic E-state index is 0.0156. The van der Waals surface area contributed by atoms with Crippen LogP contribution in [0.5, 0.6) is 0 Å². The average Bonchev–Trinajstić information content (AvgIpc) is 2.04. The first kappa shape index (κ1) is 9.03. The lowest BCUT2D eigenvalue weighted by molar-refractivity contribution is 0.184. The van der Waals surface area contributed by atoms with Gasteiger partial charge in [0, 0.05) is 12.8 Å². The molecule has 0 aromatic heterocycles. The first-order valence-corrected chi connectivity index (χ1v) is 3.74. The average molecular weight is 167 g/mol. The zero-order chi connectivity index (χ0) is 8.97. The van der Waals surface area contributed by atoms with E-state index in [4.69, 9.17) is 15.6 Å². The van der Waals surface area contributed by atoms with Gasteiger partial charge < -0.3 is 15.6 Å². The molecule has 0 saturated carbocycles. The normalized spacial score (nSPS) is 10.2. The maximum Gasteiger partial charge on any atom is 0.0713 e. The van der Waals surface area contributed by atoms with Crippen LogP contribution in [0.3, 0.4) is 0 Å². The standard InChI is InChI=1S/C9H13NO2/c1-12-6-8-2-7(5-11)3-9(10)4-8/h2-4,11H,5-6,10H2,1H3. The largest absolute Gasteiger partial charge is 0.399 e. The van der Waals surface area contributed by atoms with Gasteiger partial charge >= 0.3 is 0 Å². The van der Waals surface area contributed by atoms with Crippen molar-refractivity contribution in [2.45, 2.75) is 13.2 Å². The fraction of sp³-hybridized carbons (Fsp3) is 0.333. The molecule has 1 rings (SSSR count). The topological polar surface area (TPSA) is 55.5 Å². The van der Waals surface area contributed by atoms with Gasteiger partial charge in [0.15, 0.2) is 0 Å². The molecule has 66 valence electrons. The van der Waals surface area contributed by atoms with Crippen LogP contribution < -0.4 is 5.73 Å². The van der Waals surface area contributed by atoms with E-state index in [1.165, 1.54) is 0 Å². The third-order valence-corrected chi connectivity index (χ3v) is 1.57. The van der Waals surface area contributed by atoms with Crippen molar-refractivity contribution >= 4 is 5.69 Å². The number of nitrogens with two attached hydrogens (primary N) is 1. The Morgan fingerprint density at radius 2 is 2.00 bits per heavy atom. The van der Waals surface area contributed by atoms with E-state index in [2.05, 4.69) is 0 Å². The quantitative estimate of drug-likeness (QED) is 0.658. The van der Waals surface area contributed by atoms with Gasteiger partial charge in [-0.3, -0.25) is 0 Å². The molecule has 0 fully saturated rings. The van der Waals surface area contributed by atoms with E-state index in [9.17, 15) is 0 Å². The number of methoxy groups -OCH3 is 1. The van der Waals surface area contributed by atoms with Gasteiger partial charge in [-0.2, -0.15) is 0 Å². The fourth-order valence-corrected chi connectivity index (χ4v) is 1.13. The van der Waals surface area contributed by atoms with Crippen molar-refractivity contribution in [2.75, 3.05) is 12.8 Å². The highest BCUT2D eigenvalue weighted by Crippen LogP contribution is 2.12. The highest BCUT2D eigenvalue weighted by Gasteiger charge is 1.97. The van der Waals surface area contributed by atoms with Gasteiger partial charge in [-0.25, -0.2) is 0 Å². The molecule has 0 radical (unpaired) electrons. The molecular weight excluding hydrogens is 154 g/mol. The molecular formula is C9H13NO2. The Morgan fingerprint density at radius 3 is 2.58 bits per heavy atom. The summed E-state index contributed by atoms with van der Waals surface area (Å²) in [6.07, 6.45) is 0. The third kappa shape index (κ3) is 2.22. The Kier molecular flexibility index (Phi) is 3.08. The maximum atomic E-state index is 8.86. The van der Waals surface area contributed by atoms with Crippen LogP contribution in [0.4, 0.5) is 5.69 Å². The lowest BCUT2D eigenvalue weighted by Crippen LogP contribution is -1.94. The Balaban J connectivity index is 2.90. The van der Waals surface area contributed by atoms with E-state index >= 15 is 0 Å². The second-order valence-electron chi connectivity index (χ2n) is 2.67. The van der Waals surface area contributed by atoms with E-state index in [1.807, 2.05) is 12.1 Å². The molecule has 0 spiro atoms. The van der Waals surface area contributed by atoms with Crippen LogP contribution in [0.15, 0.2) is 18.2 Å². The van der Waals surface area contributed by atoms with Crippen molar-refractivity contribution in [3.8, 4) is 0 Å². The van der Waals surface area contributed by atoms with Crippen LogP contribution in [0, 0.1) is 0 Å². The molecule has 3 nitrogen and oxygen atoms in total. The zero-order valence-corrected chi connectivity index (χ0v) is 7.08. The van der Waals surface area contributed by atoms with Crippen molar-refractivity contribution in [3.63, 3.8) is 0 Å². The van der Waals surface area contributed by atoms with E-state index in [-0.39, 0.29) is 6.61 Å². The molecule has 0 heterocycles. The number of ether oxygens (including phenoxy) is 1. The molecule has 12 heavy (non-hydrogen) atoms. The number of hydrogen-bond acceptors (Lipinski definition) is 3. The molecule has 0 bridgehead atoms. The second kappa shape index (κ2) is 4.09. The zero-order valence-electron chi connectivity index (χ0n) is 7.08. The number of hydrogen-bond donors (Lipinski definition) is 2. The summed E-state index contributed by atoms with van der Waals surface area (Å²) in [4.78, 5) is 0. The van der Waals surface area contributed by atoms with Crippen LogP contribution in [0.25, 0.3) is 0 Å². The molecule has 3 heteroatoms. The summed E-state index contributed by atoms with van der Waals surface area (Å²) >= 11 is 0. The Morgan fingerprint density at radius 1 is 1.33 bits per heavy atom. The molecule has 0 aliphatic heterocycles. The Hall–Kier alpha value is -1.06. The van der Waals surface area contributed by atoms with Crippen molar-refractivity contribution < 1.29 is 9.84 Å². The summed E-state index contributed by atoms with van der Waals surface area (Å²) in [6, 6.07) is 5.46. The van der Waals surface area contributed by atoms with Crippen molar-refractivity contribution in [1.29, 1.82) is 0 Å². The van der Waals surface area contributed by atoms with E-state index in [1.54, 1.807) is 13.2 Å². The van der Waals surface area contributed by atoms with Gasteiger partial charge in [-0.1, -0.05) is 6.07 Å². The minimum Gasteiger partial charge on any atom is -0.399 e. The number of aliphatic hydroxyl groups is 1. The highest BCUT2D eigenvalue weighted by molar-refractivity contribution is 5.44. The van der Waals surface area contributed by atoms with Crippen molar-refractivity contribution in [1.82, 2.24) is 0 Å². The monoisotopic (exact) mass is 167 g/mol. The van der Waals surface area contributed by atoms with Gasteiger partial charge in [0.2, 0.25) is 0 Å². The molecule has 0 aliphatic rings. The van der Waals surface area contributed by atoms with Gasteiger partial charge in [0.1, 0.15) is 0 Å². The van der Waals surface area contributed by atoms with Gasteiger partial charge in [-0.05, 0) is 23.3 Å². The number of aliphatic hydroxyl groups excluding tert-OH is 1. The fourth-order valence-electron chi connectivity index (χ4n) is 1.13. The molecule has 0 amide bonds. The van der Waals surface area contributed by atoms with E-state index in [0.29, 0.717) is 12.3 Å². The second-order valence-corrected chi connectivity index (χ2v) is 2.67. The summed E-state index contributed by atoms with van der Waals surface area (Å²) in [5.41, 5.74) is 8.07. The van der Waals surface area contributed by atoms with Gasteiger partial charge in [0.05, 0.1) is 13.2 Å². The third-order valence-electron chi connectivity index (χ3n) is 1.57. The lowest BCUT2D eigenvalue weighted by Gasteiger charge is -2.04. The lowest BCUT2D eigenvalue weighted by atomic mass is 10.1. The summed E-state index contributed by atoms with van der Waals surface area (Å²) < 4.78 is 4.95. The molecule has 0 aliphatic carbocycles. The van der Waals surface area contributed by atoms with Gasteiger partial charge in [-0.15, -0.1) is 0 Å². The van der Waals surface area contributed by atoms with E-state index < -0.39 is 0 Å². The summed E-state index contributed by atoms with van der Waals surface area (Å²) in [6.45, 7) is 0.541. The smallest absolute Gasteiger partial charge is 0.0713 e. The molecule has 0 atom stereocenters. The van der Waals surface area contributed by atoms with Crippen LogP contribution in [-0.4, -0.2) is 12.2 Å². The van der Waals surface area contributed by atoms with Gasteiger partial charge in [0.25, 0.3) is 0 Å². The first-order chi connectivity index (χ1) is 5.76. The maximum absolute atomic E-state index is 8.86. The first-order valence-electron chi connectivity index (χ1n) is 3.74. The number of rotatable bonds is 3. The molecule has 1 aromatic rings. The Bertz CT molecular complexity index is 261. The summed E-state index contributed by atoms with van der Waals surface area (Å²) in [5, 5.41) is 8.86. The van der Waals surface area contributed by atoms with Crippen LogP contribution in [0.1, 0.15) is 11.1 Å². The molecule has 0 saturated heterocycles. The minimum absolute atomic E-state index is 0.0156. The predicted molar refractivity (Wildman–Crippen MR) is 47.5 cm³/mol.